The molecular formula is C16H18N2O5S2. The van der Waals surface area contributed by atoms with Gasteiger partial charge in [0.1, 0.15) is 0 Å². The first kappa shape index (κ1) is 19.1. The number of sulfonamides is 1. The molecule has 0 unspecified atom stereocenters. The predicted molar refractivity (Wildman–Crippen MR) is 93.5 cm³/mol. The Morgan fingerprint density at radius 1 is 1.12 bits per heavy atom. The van der Waals surface area contributed by atoms with Crippen molar-refractivity contribution in [1.29, 1.82) is 0 Å². The maximum Gasteiger partial charge on any atom is 0.310 e. The zero-order valence-corrected chi connectivity index (χ0v) is 14.9. The average molecular weight is 382 g/mol. The van der Waals surface area contributed by atoms with Crippen LogP contribution in [-0.4, -0.2) is 33.4 Å². The second kappa shape index (κ2) is 8.75. The molecule has 1 amide bonds. The fourth-order valence-corrected chi connectivity index (χ4v) is 3.18. The largest absolute Gasteiger partial charge is 0.455 e. The summed E-state index contributed by atoms with van der Waals surface area (Å²) in [6.07, 6.45) is 0.659. The van der Waals surface area contributed by atoms with E-state index in [0.29, 0.717) is 13.0 Å². The SMILES string of the molecule is NS(=O)(=O)c1ccc(CCNC(=O)COC(=O)Cc2ccsc2)cc1. The van der Waals surface area contributed by atoms with Gasteiger partial charge in [-0.2, -0.15) is 11.3 Å². The second-order valence-electron chi connectivity index (χ2n) is 5.26. The zero-order valence-electron chi connectivity index (χ0n) is 13.3. The molecule has 9 heteroatoms. The topological polar surface area (TPSA) is 116 Å². The van der Waals surface area contributed by atoms with Gasteiger partial charge in [0, 0.05) is 6.54 Å². The highest BCUT2D eigenvalue weighted by atomic mass is 32.2. The lowest BCUT2D eigenvalue weighted by Crippen LogP contribution is -2.30. The molecule has 0 spiro atoms. The minimum Gasteiger partial charge on any atom is -0.455 e. The van der Waals surface area contributed by atoms with Crippen molar-refractivity contribution in [2.45, 2.75) is 17.7 Å². The van der Waals surface area contributed by atoms with Crippen LogP contribution < -0.4 is 10.5 Å². The molecule has 3 N–H and O–H groups in total. The lowest BCUT2D eigenvalue weighted by Gasteiger charge is -2.07. The molecule has 2 aromatic rings. The molecule has 0 aliphatic heterocycles. The van der Waals surface area contributed by atoms with Crippen molar-refractivity contribution in [3.63, 3.8) is 0 Å². The van der Waals surface area contributed by atoms with Crippen LogP contribution in [0.2, 0.25) is 0 Å². The first-order chi connectivity index (χ1) is 11.8. The monoisotopic (exact) mass is 382 g/mol. The van der Waals surface area contributed by atoms with E-state index in [9.17, 15) is 18.0 Å². The number of ether oxygens (including phenoxy) is 1. The van der Waals surface area contributed by atoms with Gasteiger partial charge in [0.25, 0.3) is 5.91 Å². The number of benzene rings is 1. The molecule has 0 saturated heterocycles. The van der Waals surface area contributed by atoms with E-state index in [0.717, 1.165) is 11.1 Å². The molecule has 1 aromatic heterocycles. The molecule has 1 heterocycles. The number of carbonyl (C=O) groups is 2. The second-order valence-corrected chi connectivity index (χ2v) is 7.60. The number of esters is 1. The molecule has 0 radical (unpaired) electrons. The van der Waals surface area contributed by atoms with Gasteiger partial charge in [0.2, 0.25) is 10.0 Å². The van der Waals surface area contributed by atoms with E-state index in [1.165, 1.54) is 23.5 Å². The van der Waals surface area contributed by atoms with Gasteiger partial charge in [0.05, 0.1) is 11.3 Å². The molecule has 0 fully saturated rings. The molecular weight excluding hydrogens is 364 g/mol. The van der Waals surface area contributed by atoms with Crippen molar-refractivity contribution in [3.05, 3.63) is 52.2 Å². The Hall–Kier alpha value is -2.23. The Morgan fingerprint density at radius 3 is 2.44 bits per heavy atom. The smallest absolute Gasteiger partial charge is 0.310 e. The van der Waals surface area contributed by atoms with Crippen molar-refractivity contribution in [2.24, 2.45) is 5.14 Å². The zero-order chi connectivity index (χ0) is 18.3. The quantitative estimate of drug-likeness (QED) is 0.657. The molecule has 0 aliphatic rings. The third kappa shape index (κ3) is 6.65. The molecule has 7 nitrogen and oxygen atoms in total. The van der Waals surface area contributed by atoms with Crippen LogP contribution >= 0.6 is 11.3 Å². The Morgan fingerprint density at radius 2 is 1.84 bits per heavy atom. The average Bonchev–Trinajstić information content (AvgIpc) is 3.05. The van der Waals surface area contributed by atoms with Crippen LogP contribution in [0, 0.1) is 0 Å². The minimum absolute atomic E-state index is 0.0396. The van der Waals surface area contributed by atoms with E-state index in [1.54, 1.807) is 12.1 Å². The van der Waals surface area contributed by atoms with Gasteiger partial charge < -0.3 is 10.1 Å². The molecule has 2 rings (SSSR count). The van der Waals surface area contributed by atoms with Gasteiger partial charge in [-0.05, 0) is 46.5 Å². The maximum atomic E-state index is 11.6. The van der Waals surface area contributed by atoms with E-state index in [1.807, 2.05) is 16.8 Å². The van der Waals surface area contributed by atoms with E-state index < -0.39 is 16.0 Å². The summed E-state index contributed by atoms with van der Waals surface area (Å²) >= 11 is 1.49. The molecule has 0 aliphatic carbocycles. The van der Waals surface area contributed by atoms with Gasteiger partial charge in [-0.3, -0.25) is 9.59 Å². The summed E-state index contributed by atoms with van der Waals surface area (Å²) < 4.78 is 27.2. The van der Waals surface area contributed by atoms with Crippen molar-refractivity contribution in [3.8, 4) is 0 Å². The van der Waals surface area contributed by atoms with Crippen LogP contribution in [0.15, 0.2) is 46.0 Å². The number of hydrogen-bond acceptors (Lipinski definition) is 6. The number of nitrogens with two attached hydrogens (primary N) is 1. The van der Waals surface area contributed by atoms with Crippen molar-refractivity contribution in [2.75, 3.05) is 13.2 Å². The van der Waals surface area contributed by atoms with Gasteiger partial charge in [-0.25, -0.2) is 13.6 Å². The number of primary sulfonamides is 1. The van der Waals surface area contributed by atoms with Crippen molar-refractivity contribution in [1.82, 2.24) is 5.32 Å². The number of hydrogen-bond donors (Lipinski definition) is 2. The Kier molecular flexibility index (Phi) is 6.68. The lowest BCUT2D eigenvalue weighted by atomic mass is 10.1. The molecule has 134 valence electrons. The van der Waals surface area contributed by atoms with E-state index in [-0.39, 0.29) is 23.8 Å². The van der Waals surface area contributed by atoms with E-state index >= 15 is 0 Å². The third-order valence-electron chi connectivity index (χ3n) is 3.28. The highest BCUT2D eigenvalue weighted by molar-refractivity contribution is 7.89. The van der Waals surface area contributed by atoms with Gasteiger partial charge in [-0.15, -0.1) is 0 Å². The summed E-state index contributed by atoms with van der Waals surface area (Å²) in [6.45, 7) is 0.0168. The molecule has 0 bridgehead atoms. The molecule has 1 aromatic carbocycles. The van der Waals surface area contributed by atoms with Gasteiger partial charge >= 0.3 is 5.97 Å². The first-order valence-electron chi connectivity index (χ1n) is 7.40. The Bertz CT molecular complexity index is 815. The number of nitrogens with one attached hydrogen (secondary N) is 1. The molecule has 0 saturated carbocycles. The van der Waals surface area contributed by atoms with Crippen molar-refractivity contribution < 1.29 is 22.7 Å². The fourth-order valence-electron chi connectivity index (χ4n) is 2.00. The van der Waals surface area contributed by atoms with Gasteiger partial charge in [-0.1, -0.05) is 12.1 Å². The lowest BCUT2D eigenvalue weighted by molar-refractivity contribution is -0.147. The first-order valence-corrected chi connectivity index (χ1v) is 9.88. The van der Waals surface area contributed by atoms with E-state index in [2.05, 4.69) is 5.32 Å². The summed E-state index contributed by atoms with van der Waals surface area (Å²) in [4.78, 5) is 23.2. The van der Waals surface area contributed by atoms with Gasteiger partial charge in [0.15, 0.2) is 6.61 Å². The Balaban J connectivity index is 1.67. The number of rotatable bonds is 8. The predicted octanol–water partition coefficient (Wildman–Crippen LogP) is 0.840. The van der Waals surface area contributed by atoms with Crippen molar-refractivity contribution >= 4 is 33.2 Å². The fraction of sp³-hybridized carbons (Fsp3) is 0.250. The molecule has 0 atom stereocenters. The third-order valence-corrected chi connectivity index (χ3v) is 4.94. The molecule has 25 heavy (non-hydrogen) atoms. The van der Waals surface area contributed by atoms with E-state index in [4.69, 9.17) is 9.88 Å². The van der Waals surface area contributed by atoms with Crippen LogP contribution in [0.4, 0.5) is 0 Å². The number of thiophene rings is 1. The summed E-state index contributed by atoms with van der Waals surface area (Å²) in [5.74, 6) is -0.841. The van der Waals surface area contributed by atoms with Crippen LogP contribution in [0.1, 0.15) is 11.1 Å². The van der Waals surface area contributed by atoms with Crippen LogP contribution in [0.3, 0.4) is 0 Å². The highest BCUT2D eigenvalue weighted by Gasteiger charge is 2.09. The van der Waals surface area contributed by atoms with Crippen LogP contribution in [0.25, 0.3) is 0 Å². The summed E-state index contributed by atoms with van der Waals surface area (Å²) in [6, 6.07) is 7.92. The standard InChI is InChI=1S/C16H18N2O5S2/c17-25(21,22)14-3-1-12(2-4-14)5-7-18-15(19)10-23-16(20)9-13-6-8-24-11-13/h1-4,6,8,11H,5,7,9-10H2,(H,18,19)(H2,17,21,22). The summed E-state index contributed by atoms with van der Waals surface area (Å²) in [5, 5.41) is 11.4. The minimum atomic E-state index is -3.71. The summed E-state index contributed by atoms with van der Waals surface area (Å²) in [7, 11) is -3.71. The normalized spacial score (nSPS) is 11.1. The van der Waals surface area contributed by atoms with Crippen LogP contribution in [0.5, 0.6) is 0 Å². The Labute approximate surface area is 149 Å². The summed E-state index contributed by atoms with van der Waals surface area (Å²) in [5.41, 5.74) is 1.71. The number of amides is 1. The maximum absolute atomic E-state index is 11.6. The van der Waals surface area contributed by atoms with Crippen LogP contribution in [-0.2, 0) is 37.2 Å². The number of carbonyl (C=O) groups excluding carboxylic acids is 2. The highest BCUT2D eigenvalue weighted by Crippen LogP contribution is 2.09.